The average molecular weight is 403 g/mol. The topological polar surface area (TPSA) is 107 Å². The van der Waals surface area contributed by atoms with Gasteiger partial charge in [-0.3, -0.25) is 9.59 Å². The molecule has 2 aromatic rings. The van der Waals surface area contributed by atoms with Gasteiger partial charge in [-0.25, -0.2) is 9.78 Å². The number of hydrogen-bond acceptors (Lipinski definition) is 8. The van der Waals surface area contributed by atoms with Crippen LogP contribution in [-0.4, -0.2) is 43.2 Å². The Morgan fingerprint density at radius 2 is 2.11 bits per heavy atom. The Kier molecular flexibility index (Phi) is 4.63. The van der Waals surface area contributed by atoms with E-state index in [2.05, 4.69) is 10.3 Å². The van der Waals surface area contributed by atoms with Gasteiger partial charge < -0.3 is 24.4 Å². The highest BCUT2D eigenvalue weighted by molar-refractivity contribution is 7.17. The molecule has 0 radical (unpaired) electrons. The normalized spacial score (nSPS) is 17.7. The predicted molar refractivity (Wildman–Crippen MR) is 99.8 cm³/mol. The van der Waals surface area contributed by atoms with Crippen LogP contribution >= 0.6 is 11.3 Å². The molecule has 1 unspecified atom stereocenters. The van der Waals surface area contributed by atoms with E-state index in [1.54, 1.807) is 30.0 Å². The molecule has 0 spiro atoms. The van der Waals surface area contributed by atoms with Crippen molar-refractivity contribution < 1.29 is 28.6 Å². The van der Waals surface area contributed by atoms with Gasteiger partial charge >= 0.3 is 5.97 Å². The lowest BCUT2D eigenvalue weighted by Gasteiger charge is -2.17. The van der Waals surface area contributed by atoms with Crippen molar-refractivity contribution in [2.45, 2.75) is 13.3 Å². The molecule has 2 amide bonds. The highest BCUT2D eigenvalue weighted by Crippen LogP contribution is 2.37. The van der Waals surface area contributed by atoms with Crippen molar-refractivity contribution in [3.8, 4) is 11.5 Å². The van der Waals surface area contributed by atoms with Crippen LogP contribution in [-0.2, 0) is 14.3 Å². The third-order valence-electron chi connectivity index (χ3n) is 4.56. The van der Waals surface area contributed by atoms with Gasteiger partial charge in [-0.1, -0.05) is 11.3 Å². The first kappa shape index (κ1) is 18.2. The van der Waals surface area contributed by atoms with Crippen LogP contribution in [0.25, 0.3) is 0 Å². The average Bonchev–Trinajstić information content (AvgIpc) is 3.38. The summed E-state index contributed by atoms with van der Waals surface area (Å²) in [7, 11) is 1.29. The molecule has 2 aliphatic rings. The largest absolute Gasteiger partial charge is 0.465 e. The molecule has 1 N–H and O–H groups in total. The van der Waals surface area contributed by atoms with Gasteiger partial charge in [0.2, 0.25) is 18.6 Å². The quantitative estimate of drug-likeness (QED) is 0.778. The fourth-order valence-corrected chi connectivity index (χ4v) is 4.01. The Morgan fingerprint density at radius 3 is 2.89 bits per heavy atom. The van der Waals surface area contributed by atoms with E-state index in [1.807, 2.05) is 0 Å². The highest BCUT2D eigenvalue weighted by Gasteiger charge is 2.36. The van der Waals surface area contributed by atoms with Gasteiger partial charge in [0.25, 0.3) is 0 Å². The molecular formula is C18H17N3O6S. The summed E-state index contributed by atoms with van der Waals surface area (Å²) in [5, 5.41) is 3.00. The van der Waals surface area contributed by atoms with Crippen molar-refractivity contribution in [3.05, 3.63) is 28.8 Å². The molecule has 0 saturated carbocycles. The number of carbonyl (C=O) groups is 3. The number of nitrogens with one attached hydrogen (secondary N) is 1. The lowest BCUT2D eigenvalue weighted by atomic mass is 10.1. The highest BCUT2D eigenvalue weighted by atomic mass is 32.1. The second-order valence-electron chi connectivity index (χ2n) is 6.36. The molecule has 3 heterocycles. The summed E-state index contributed by atoms with van der Waals surface area (Å²) in [5.74, 6) is -0.285. The van der Waals surface area contributed by atoms with Gasteiger partial charge in [0, 0.05) is 24.7 Å². The summed E-state index contributed by atoms with van der Waals surface area (Å²) in [6, 6.07) is 5.23. The third kappa shape index (κ3) is 3.26. The molecule has 146 valence electrons. The summed E-state index contributed by atoms with van der Waals surface area (Å²) in [6.07, 6.45) is 0.0918. The van der Waals surface area contributed by atoms with Crippen LogP contribution in [0.5, 0.6) is 11.5 Å². The van der Waals surface area contributed by atoms with E-state index in [0.29, 0.717) is 32.9 Å². The molecule has 2 aliphatic heterocycles. The van der Waals surface area contributed by atoms with E-state index in [4.69, 9.17) is 14.2 Å². The monoisotopic (exact) mass is 403 g/mol. The van der Waals surface area contributed by atoms with Crippen molar-refractivity contribution in [2.24, 2.45) is 5.92 Å². The Morgan fingerprint density at radius 1 is 1.32 bits per heavy atom. The number of carbonyl (C=O) groups excluding carboxylic acids is 3. The molecule has 1 aromatic heterocycles. The number of aromatic nitrogens is 1. The van der Waals surface area contributed by atoms with Crippen LogP contribution in [0, 0.1) is 12.8 Å². The van der Waals surface area contributed by atoms with Crippen LogP contribution in [0.4, 0.5) is 10.8 Å². The molecule has 0 bridgehead atoms. The summed E-state index contributed by atoms with van der Waals surface area (Å²) >= 11 is 1.04. The summed E-state index contributed by atoms with van der Waals surface area (Å²) in [6.45, 7) is 2.07. The molecular weight excluding hydrogens is 386 g/mol. The van der Waals surface area contributed by atoms with Gasteiger partial charge in [-0.2, -0.15) is 0 Å². The predicted octanol–water partition coefficient (Wildman–Crippen LogP) is 1.96. The SMILES string of the molecule is COC(=O)c1sc(NC(=O)C2CC(=O)N(c3ccc4c(c3)OCO4)C2)nc1C. The van der Waals surface area contributed by atoms with Gasteiger partial charge in [0.15, 0.2) is 16.6 Å². The van der Waals surface area contributed by atoms with Crippen molar-refractivity contribution in [2.75, 3.05) is 30.7 Å². The maximum absolute atomic E-state index is 12.6. The van der Waals surface area contributed by atoms with Crippen LogP contribution < -0.4 is 19.7 Å². The second-order valence-corrected chi connectivity index (χ2v) is 7.36. The number of nitrogens with zero attached hydrogens (tertiary/aromatic N) is 2. The third-order valence-corrected chi connectivity index (χ3v) is 5.61. The minimum Gasteiger partial charge on any atom is -0.465 e. The minimum atomic E-state index is -0.524. The van der Waals surface area contributed by atoms with Gasteiger partial charge in [-0.05, 0) is 19.1 Å². The Balaban J connectivity index is 1.45. The molecule has 1 fully saturated rings. The summed E-state index contributed by atoms with van der Waals surface area (Å²) in [5.41, 5.74) is 1.14. The molecule has 1 atom stereocenters. The van der Waals surface area contributed by atoms with Crippen molar-refractivity contribution >= 4 is 39.9 Å². The fourth-order valence-electron chi connectivity index (χ4n) is 3.13. The molecule has 1 saturated heterocycles. The van der Waals surface area contributed by atoms with Crippen molar-refractivity contribution in [1.29, 1.82) is 0 Å². The van der Waals surface area contributed by atoms with Gasteiger partial charge in [0.1, 0.15) is 4.88 Å². The lowest BCUT2D eigenvalue weighted by molar-refractivity contribution is -0.122. The Labute approximate surface area is 164 Å². The molecule has 10 heteroatoms. The lowest BCUT2D eigenvalue weighted by Crippen LogP contribution is -2.28. The van der Waals surface area contributed by atoms with Gasteiger partial charge in [0.05, 0.1) is 18.7 Å². The zero-order valence-electron chi connectivity index (χ0n) is 15.2. The number of rotatable bonds is 4. The maximum Gasteiger partial charge on any atom is 0.350 e. The zero-order valence-corrected chi connectivity index (χ0v) is 16.0. The number of thiazole rings is 1. The Bertz CT molecular complexity index is 972. The molecule has 9 nitrogen and oxygen atoms in total. The van der Waals surface area contributed by atoms with Crippen molar-refractivity contribution in [1.82, 2.24) is 4.98 Å². The molecule has 28 heavy (non-hydrogen) atoms. The Hall–Kier alpha value is -3.14. The number of fused-ring (bicyclic) bond motifs is 1. The number of ether oxygens (including phenoxy) is 3. The maximum atomic E-state index is 12.6. The molecule has 4 rings (SSSR count). The standard InChI is InChI=1S/C18H17N3O6S/c1-9-15(17(24)25-2)28-18(19-9)20-16(23)10-5-14(22)21(7-10)11-3-4-12-13(6-11)27-8-26-12/h3-4,6,10H,5,7-8H2,1-2H3,(H,19,20,23). The molecule has 1 aromatic carbocycles. The summed E-state index contributed by atoms with van der Waals surface area (Å²) < 4.78 is 15.3. The van der Waals surface area contributed by atoms with Crippen LogP contribution in [0.1, 0.15) is 21.8 Å². The number of aryl methyl sites for hydroxylation is 1. The van der Waals surface area contributed by atoms with Crippen LogP contribution in [0.3, 0.4) is 0 Å². The first-order chi connectivity index (χ1) is 13.5. The van der Waals surface area contributed by atoms with Crippen LogP contribution in [0.2, 0.25) is 0 Å². The van der Waals surface area contributed by atoms with E-state index in [0.717, 1.165) is 11.3 Å². The first-order valence-electron chi connectivity index (χ1n) is 8.53. The van der Waals surface area contributed by atoms with Gasteiger partial charge in [-0.15, -0.1) is 0 Å². The number of amides is 2. The molecule has 0 aliphatic carbocycles. The number of benzene rings is 1. The van der Waals surface area contributed by atoms with E-state index < -0.39 is 11.9 Å². The van der Waals surface area contributed by atoms with E-state index in [1.165, 1.54) is 7.11 Å². The van der Waals surface area contributed by atoms with Crippen molar-refractivity contribution in [3.63, 3.8) is 0 Å². The first-order valence-corrected chi connectivity index (χ1v) is 9.34. The number of esters is 1. The minimum absolute atomic E-state index is 0.0918. The second kappa shape index (κ2) is 7.12. The van der Waals surface area contributed by atoms with E-state index >= 15 is 0 Å². The zero-order chi connectivity index (χ0) is 19.8. The number of anilines is 2. The summed E-state index contributed by atoms with van der Waals surface area (Å²) in [4.78, 5) is 42.8. The van der Waals surface area contributed by atoms with E-state index in [-0.39, 0.29) is 31.6 Å². The van der Waals surface area contributed by atoms with Crippen LogP contribution in [0.15, 0.2) is 18.2 Å². The number of methoxy groups -OCH3 is 1. The number of hydrogen-bond donors (Lipinski definition) is 1. The fraction of sp³-hybridized carbons (Fsp3) is 0.333. The van der Waals surface area contributed by atoms with E-state index in [9.17, 15) is 14.4 Å². The smallest absolute Gasteiger partial charge is 0.350 e.